The van der Waals surface area contributed by atoms with Crippen LogP contribution in [0.15, 0.2) is 103 Å². The van der Waals surface area contributed by atoms with Crippen molar-refractivity contribution in [3.63, 3.8) is 0 Å². The Labute approximate surface area is 372 Å². The van der Waals surface area contributed by atoms with Crippen molar-refractivity contribution in [1.82, 2.24) is 0 Å². The van der Waals surface area contributed by atoms with Gasteiger partial charge in [-0.1, -0.05) is 68.5 Å². The normalized spacial score (nSPS) is 19.7. The van der Waals surface area contributed by atoms with Crippen LogP contribution in [-0.4, -0.2) is 26.4 Å². The monoisotopic (exact) mass is 889 g/mol. The maximum atomic E-state index is 15.2. The third-order valence-corrected chi connectivity index (χ3v) is 13.5. The minimum atomic E-state index is -5.12. The highest BCUT2D eigenvalue weighted by atomic mass is 19.4. The third-order valence-electron chi connectivity index (χ3n) is 13.5. The third kappa shape index (κ3) is 7.31. The number of ether oxygens (including phenoxy) is 3. The molecule has 6 nitrogen and oxygen atoms in total. The molecular formula is C53H45F6NO5. The number of anilines is 1. The Hall–Kier alpha value is -6.56. The van der Waals surface area contributed by atoms with Gasteiger partial charge in [0.1, 0.15) is 23.5 Å². The van der Waals surface area contributed by atoms with E-state index >= 15 is 13.2 Å². The Morgan fingerprint density at radius 2 is 1.45 bits per heavy atom. The Morgan fingerprint density at radius 1 is 0.754 bits per heavy atom. The summed E-state index contributed by atoms with van der Waals surface area (Å²) in [6.45, 7) is 5.07. The predicted molar refractivity (Wildman–Crippen MR) is 238 cm³/mol. The quantitative estimate of drug-likeness (QED) is 0.122. The number of alkyl halides is 6. The maximum absolute atomic E-state index is 15.2. The number of rotatable bonds is 8. The van der Waals surface area contributed by atoms with Gasteiger partial charge in [0.2, 0.25) is 5.91 Å². The van der Waals surface area contributed by atoms with Crippen LogP contribution in [0, 0.1) is 18.8 Å². The van der Waals surface area contributed by atoms with Crippen LogP contribution in [0.2, 0.25) is 0 Å². The molecule has 1 unspecified atom stereocenters. The number of benzene rings is 6. The molecule has 12 heteroatoms. The molecule has 3 aliphatic rings. The van der Waals surface area contributed by atoms with E-state index in [1.165, 1.54) is 7.11 Å². The molecule has 9 rings (SSSR count). The fourth-order valence-electron chi connectivity index (χ4n) is 10.3. The molecule has 2 aliphatic carbocycles. The minimum Gasteiger partial charge on any atom is -0.497 e. The molecule has 0 saturated heterocycles. The van der Waals surface area contributed by atoms with E-state index in [4.69, 9.17) is 14.2 Å². The van der Waals surface area contributed by atoms with Crippen LogP contribution in [0.4, 0.5) is 32.0 Å². The number of fused-ring (bicyclic) bond motifs is 8. The molecule has 0 bridgehead atoms. The Morgan fingerprint density at radius 3 is 2.06 bits per heavy atom. The van der Waals surface area contributed by atoms with Crippen molar-refractivity contribution in [1.29, 1.82) is 0 Å². The first kappa shape index (κ1) is 43.7. The van der Waals surface area contributed by atoms with E-state index in [-0.39, 0.29) is 40.5 Å². The van der Waals surface area contributed by atoms with E-state index < -0.39 is 34.5 Å². The van der Waals surface area contributed by atoms with Gasteiger partial charge in [-0.2, -0.15) is 26.3 Å². The van der Waals surface area contributed by atoms with Gasteiger partial charge in [-0.3, -0.25) is 4.79 Å². The number of aryl methyl sites for hydroxylation is 1. The van der Waals surface area contributed by atoms with Crippen molar-refractivity contribution in [3.8, 4) is 39.5 Å². The summed E-state index contributed by atoms with van der Waals surface area (Å²) >= 11 is 0. The van der Waals surface area contributed by atoms with Crippen molar-refractivity contribution in [2.45, 2.75) is 69.8 Å². The van der Waals surface area contributed by atoms with E-state index in [0.717, 1.165) is 29.0 Å². The molecule has 0 spiro atoms. The lowest BCUT2D eigenvalue weighted by molar-refractivity contribution is -0.143. The van der Waals surface area contributed by atoms with Crippen LogP contribution in [0.25, 0.3) is 39.1 Å². The van der Waals surface area contributed by atoms with Gasteiger partial charge in [0.05, 0.1) is 25.3 Å². The van der Waals surface area contributed by atoms with Gasteiger partial charge >= 0.3 is 12.4 Å². The first-order chi connectivity index (χ1) is 30.9. The van der Waals surface area contributed by atoms with Gasteiger partial charge in [0, 0.05) is 50.6 Å². The number of halogens is 6. The molecule has 65 heavy (non-hydrogen) atoms. The zero-order valence-corrected chi connectivity index (χ0v) is 36.3. The number of methoxy groups -OCH3 is 2. The second-order valence-corrected chi connectivity index (χ2v) is 17.7. The summed E-state index contributed by atoms with van der Waals surface area (Å²) in [4.78, 5) is 24.6. The molecule has 0 aromatic heterocycles. The fourth-order valence-corrected chi connectivity index (χ4v) is 10.3. The molecular weight excluding hydrogens is 845 g/mol. The minimum absolute atomic E-state index is 0.0370. The summed E-state index contributed by atoms with van der Waals surface area (Å²) in [6, 6.07) is 26.7. The van der Waals surface area contributed by atoms with E-state index in [0.29, 0.717) is 81.6 Å². The average molecular weight is 890 g/mol. The zero-order chi connectivity index (χ0) is 46.2. The molecule has 1 fully saturated rings. The van der Waals surface area contributed by atoms with Gasteiger partial charge < -0.3 is 24.3 Å². The number of aldehydes is 1. The van der Waals surface area contributed by atoms with Gasteiger partial charge in [0.25, 0.3) is 0 Å². The predicted octanol–water partition coefficient (Wildman–Crippen LogP) is 13.5. The molecule has 334 valence electrons. The van der Waals surface area contributed by atoms with Crippen molar-refractivity contribution in [2.24, 2.45) is 11.8 Å². The summed E-state index contributed by atoms with van der Waals surface area (Å²) < 4.78 is 108. The summed E-state index contributed by atoms with van der Waals surface area (Å²) in [6.07, 6.45) is -3.08. The molecule has 1 saturated carbocycles. The van der Waals surface area contributed by atoms with Crippen LogP contribution in [0.1, 0.15) is 84.0 Å². The lowest BCUT2D eigenvalue weighted by Crippen LogP contribution is -2.35. The van der Waals surface area contributed by atoms with Crippen molar-refractivity contribution >= 4 is 34.7 Å². The second-order valence-electron chi connectivity index (χ2n) is 17.7. The van der Waals surface area contributed by atoms with Crippen LogP contribution in [0.3, 0.4) is 0 Å². The number of hydrogen-bond acceptors (Lipinski definition) is 5. The summed E-state index contributed by atoms with van der Waals surface area (Å²) in [5, 5.41) is 3.79. The molecule has 1 N–H and O–H groups in total. The summed E-state index contributed by atoms with van der Waals surface area (Å²) in [7, 11) is 3.05. The number of carbonyl (C=O) groups is 2. The zero-order valence-electron chi connectivity index (χ0n) is 36.3. The highest BCUT2D eigenvalue weighted by molar-refractivity contribution is 6.11. The van der Waals surface area contributed by atoms with Gasteiger partial charge in [-0.25, -0.2) is 0 Å². The summed E-state index contributed by atoms with van der Waals surface area (Å²) in [5.74, 6) is 0.887. The second kappa shape index (κ2) is 15.9. The first-order valence-corrected chi connectivity index (χ1v) is 21.4. The van der Waals surface area contributed by atoms with Crippen molar-refractivity contribution < 1.29 is 50.1 Å². The number of nitrogens with one attached hydrogen (secondary N) is 1. The topological polar surface area (TPSA) is 73.9 Å². The average Bonchev–Trinajstić information content (AvgIpc) is 3.54. The molecule has 6 aromatic carbocycles. The molecule has 1 amide bonds. The SMILES string of the molecule is COc1ccc(C2(c3ccccc3)C=Cc3c4c(c5cc(-c6ccc(NC(=O)C7CCC(C=O)CC7)cc6C)c(OC)cc5c3O2)-c2cc(C(F)(F)F)cc(C(F)(F)F)c2C4(C)C)cc1. The highest BCUT2D eigenvalue weighted by Crippen LogP contribution is 2.61. The van der Waals surface area contributed by atoms with Crippen LogP contribution in [-0.2, 0) is 33.0 Å². The van der Waals surface area contributed by atoms with Crippen molar-refractivity contribution in [2.75, 3.05) is 19.5 Å². The maximum Gasteiger partial charge on any atom is 0.416 e. The fraction of sp³-hybridized carbons (Fsp3) is 0.283. The summed E-state index contributed by atoms with van der Waals surface area (Å²) in [5.41, 5.74) is -0.967. The Balaban J connectivity index is 1.30. The number of hydrogen-bond donors (Lipinski definition) is 1. The Bertz CT molecular complexity index is 2910. The van der Waals surface area contributed by atoms with Gasteiger partial charge in [-0.15, -0.1) is 0 Å². The van der Waals surface area contributed by atoms with Crippen LogP contribution < -0.4 is 19.5 Å². The molecule has 1 heterocycles. The first-order valence-electron chi connectivity index (χ1n) is 21.4. The molecule has 1 atom stereocenters. The van der Waals surface area contributed by atoms with E-state index in [9.17, 15) is 22.8 Å². The number of amides is 1. The molecule has 6 aromatic rings. The molecule has 0 radical (unpaired) electrons. The largest absolute Gasteiger partial charge is 0.497 e. The lowest BCUT2D eigenvalue weighted by Gasteiger charge is -2.38. The van der Waals surface area contributed by atoms with Crippen LogP contribution in [0.5, 0.6) is 17.2 Å². The van der Waals surface area contributed by atoms with Gasteiger partial charge in [0.15, 0.2) is 5.60 Å². The van der Waals surface area contributed by atoms with E-state index in [1.807, 2.05) is 67.6 Å². The highest BCUT2D eigenvalue weighted by Gasteiger charge is 2.50. The number of carbonyl (C=O) groups excluding carboxylic acids is 2. The standard InChI is InChI=1S/C53H45F6NO5/c1-29-23-35(60-49(62)31-13-11-30(28-61)12-14-31)17-20-37(29)39-26-40-41(27-44(39)64-5)48-38(21-22-51(65-48,32-9-7-6-8-10-32)33-15-18-36(63-4)19-16-33)47-45(40)42-24-34(52(54,55)56)25-43(53(57,58)59)46(42)50(47,2)3/h6-10,15-28,30-31H,11-14H2,1-5H3,(H,60,62). The van der Waals surface area contributed by atoms with E-state index in [1.54, 1.807) is 57.4 Å². The van der Waals surface area contributed by atoms with Crippen molar-refractivity contribution in [3.05, 3.63) is 148 Å². The lowest BCUT2D eigenvalue weighted by atomic mass is 9.75. The van der Waals surface area contributed by atoms with Gasteiger partial charge in [-0.05, 0) is 126 Å². The Kier molecular flexibility index (Phi) is 10.7. The van der Waals surface area contributed by atoms with Crippen LogP contribution >= 0.6 is 0 Å². The van der Waals surface area contributed by atoms with E-state index in [2.05, 4.69) is 5.32 Å². The smallest absolute Gasteiger partial charge is 0.416 e. The molecule has 1 aliphatic heterocycles.